The SMILES string of the molecule is CCn1c(SCC(=O)Nc2cccc(OC)c2)nc2c3cc(OC)ccc3n(C)c2c1=O. The van der Waals surface area contributed by atoms with Crippen molar-refractivity contribution >= 4 is 45.3 Å². The van der Waals surface area contributed by atoms with E-state index in [2.05, 4.69) is 5.32 Å². The smallest absolute Gasteiger partial charge is 0.278 e. The van der Waals surface area contributed by atoms with Gasteiger partial charge in [0.15, 0.2) is 5.16 Å². The van der Waals surface area contributed by atoms with Crippen molar-refractivity contribution in [2.24, 2.45) is 7.05 Å². The van der Waals surface area contributed by atoms with Crippen LogP contribution in [0.1, 0.15) is 6.92 Å². The minimum atomic E-state index is -0.195. The molecule has 0 saturated heterocycles. The first-order valence-electron chi connectivity index (χ1n) is 10.1. The van der Waals surface area contributed by atoms with Gasteiger partial charge in [-0.15, -0.1) is 0 Å². The average molecular weight is 453 g/mol. The van der Waals surface area contributed by atoms with Gasteiger partial charge in [-0.3, -0.25) is 14.2 Å². The molecule has 0 unspecified atom stereocenters. The lowest BCUT2D eigenvalue weighted by atomic mass is 10.2. The number of carbonyl (C=O) groups is 1. The van der Waals surface area contributed by atoms with Gasteiger partial charge in [0.25, 0.3) is 5.56 Å². The van der Waals surface area contributed by atoms with E-state index in [4.69, 9.17) is 14.5 Å². The van der Waals surface area contributed by atoms with Crippen LogP contribution in [0.5, 0.6) is 11.5 Å². The predicted molar refractivity (Wildman–Crippen MR) is 127 cm³/mol. The van der Waals surface area contributed by atoms with Crippen LogP contribution < -0.4 is 20.3 Å². The molecule has 0 fully saturated rings. The Balaban J connectivity index is 1.68. The zero-order valence-electron chi connectivity index (χ0n) is 18.3. The molecule has 0 aliphatic rings. The molecule has 2 heterocycles. The molecule has 2 aromatic heterocycles. The Labute approximate surface area is 189 Å². The van der Waals surface area contributed by atoms with Crippen LogP contribution in [-0.2, 0) is 18.4 Å². The fourth-order valence-corrected chi connectivity index (χ4v) is 4.53. The van der Waals surface area contributed by atoms with Gasteiger partial charge in [0.05, 0.1) is 25.5 Å². The van der Waals surface area contributed by atoms with Crippen molar-refractivity contribution in [1.29, 1.82) is 0 Å². The van der Waals surface area contributed by atoms with E-state index in [0.29, 0.717) is 39.9 Å². The maximum Gasteiger partial charge on any atom is 0.278 e. The first-order valence-corrected chi connectivity index (χ1v) is 11.1. The van der Waals surface area contributed by atoms with E-state index < -0.39 is 0 Å². The Morgan fingerprint density at radius 2 is 1.88 bits per heavy atom. The molecule has 0 radical (unpaired) electrons. The summed E-state index contributed by atoms with van der Waals surface area (Å²) in [7, 11) is 5.03. The van der Waals surface area contributed by atoms with Crippen molar-refractivity contribution < 1.29 is 14.3 Å². The Bertz CT molecular complexity index is 1380. The fourth-order valence-electron chi connectivity index (χ4n) is 3.68. The number of aromatic nitrogens is 3. The van der Waals surface area contributed by atoms with E-state index in [0.717, 1.165) is 10.9 Å². The fraction of sp³-hybridized carbons (Fsp3) is 0.261. The summed E-state index contributed by atoms with van der Waals surface area (Å²) in [4.78, 5) is 30.6. The number of hydrogen-bond donors (Lipinski definition) is 1. The number of ether oxygens (including phenoxy) is 2. The summed E-state index contributed by atoms with van der Waals surface area (Å²) in [5.74, 6) is 1.27. The maximum atomic E-state index is 13.3. The van der Waals surface area contributed by atoms with Crippen molar-refractivity contribution in [2.75, 3.05) is 25.3 Å². The highest BCUT2D eigenvalue weighted by Gasteiger charge is 2.19. The average Bonchev–Trinajstić information content (AvgIpc) is 3.09. The van der Waals surface area contributed by atoms with Crippen molar-refractivity contribution in [2.45, 2.75) is 18.6 Å². The number of amides is 1. The molecule has 0 bridgehead atoms. The summed E-state index contributed by atoms with van der Waals surface area (Å²) in [6, 6.07) is 12.8. The highest BCUT2D eigenvalue weighted by Crippen LogP contribution is 2.30. The number of nitrogens with one attached hydrogen (secondary N) is 1. The minimum Gasteiger partial charge on any atom is -0.497 e. The van der Waals surface area contributed by atoms with Gasteiger partial charge in [-0.25, -0.2) is 4.98 Å². The van der Waals surface area contributed by atoms with Crippen molar-refractivity contribution in [3.63, 3.8) is 0 Å². The Hall–Kier alpha value is -3.46. The molecule has 0 aliphatic carbocycles. The van der Waals surface area contributed by atoms with Crippen LogP contribution in [0.2, 0.25) is 0 Å². The van der Waals surface area contributed by atoms with Gasteiger partial charge in [-0.1, -0.05) is 17.8 Å². The predicted octanol–water partition coefficient (Wildman–Crippen LogP) is 3.66. The normalized spacial score (nSPS) is 11.1. The maximum absolute atomic E-state index is 13.3. The van der Waals surface area contributed by atoms with E-state index in [1.54, 1.807) is 37.0 Å². The van der Waals surface area contributed by atoms with E-state index in [-0.39, 0.29) is 17.2 Å². The molecular weight excluding hydrogens is 428 g/mol. The number of benzene rings is 2. The zero-order valence-corrected chi connectivity index (χ0v) is 19.2. The second-order valence-electron chi connectivity index (χ2n) is 7.15. The van der Waals surface area contributed by atoms with Gasteiger partial charge in [0, 0.05) is 30.7 Å². The Morgan fingerprint density at radius 3 is 2.59 bits per heavy atom. The Kier molecular flexibility index (Phi) is 6.09. The largest absolute Gasteiger partial charge is 0.497 e. The molecule has 4 rings (SSSR count). The first kappa shape index (κ1) is 21.8. The van der Waals surface area contributed by atoms with Crippen LogP contribution in [0.15, 0.2) is 52.4 Å². The topological polar surface area (TPSA) is 87.4 Å². The van der Waals surface area contributed by atoms with Crippen molar-refractivity contribution in [3.05, 3.63) is 52.8 Å². The van der Waals surface area contributed by atoms with Gasteiger partial charge in [-0.2, -0.15) is 0 Å². The number of rotatable bonds is 7. The number of carbonyl (C=O) groups excluding carboxylic acids is 1. The van der Waals surface area contributed by atoms with Crippen molar-refractivity contribution in [1.82, 2.24) is 14.1 Å². The number of fused-ring (bicyclic) bond motifs is 3. The standard InChI is InChI=1S/C23H24N4O4S/c1-5-27-22(29)21-20(17-12-16(31-4)9-10-18(17)26(21)2)25-23(27)32-13-19(28)24-14-7-6-8-15(11-14)30-3/h6-12H,5,13H2,1-4H3,(H,24,28). The van der Waals surface area contributed by atoms with Gasteiger partial charge in [-0.05, 0) is 37.3 Å². The molecule has 0 aliphatic heterocycles. The third-order valence-electron chi connectivity index (χ3n) is 5.27. The quantitative estimate of drug-likeness (QED) is 0.340. The monoisotopic (exact) mass is 452 g/mol. The third-order valence-corrected chi connectivity index (χ3v) is 6.24. The summed E-state index contributed by atoms with van der Waals surface area (Å²) >= 11 is 1.23. The number of anilines is 1. The molecular formula is C23H24N4O4S. The lowest BCUT2D eigenvalue weighted by Crippen LogP contribution is -2.24. The van der Waals surface area contributed by atoms with E-state index >= 15 is 0 Å². The lowest BCUT2D eigenvalue weighted by Gasteiger charge is -2.11. The van der Waals surface area contributed by atoms with Crippen LogP contribution >= 0.6 is 11.8 Å². The number of hydrogen-bond acceptors (Lipinski definition) is 6. The highest BCUT2D eigenvalue weighted by atomic mass is 32.2. The number of thioether (sulfide) groups is 1. The van der Waals surface area contributed by atoms with E-state index in [1.807, 2.05) is 42.8 Å². The first-order chi connectivity index (χ1) is 15.5. The summed E-state index contributed by atoms with van der Waals surface area (Å²) in [6.07, 6.45) is 0. The van der Waals surface area contributed by atoms with Gasteiger partial charge in [0.1, 0.15) is 22.5 Å². The lowest BCUT2D eigenvalue weighted by molar-refractivity contribution is -0.113. The number of methoxy groups -OCH3 is 2. The van der Waals surface area contributed by atoms with E-state index in [1.165, 1.54) is 11.8 Å². The van der Waals surface area contributed by atoms with Crippen LogP contribution in [0.25, 0.3) is 21.9 Å². The third kappa shape index (κ3) is 3.91. The second kappa shape index (κ2) is 8.96. The molecule has 0 spiro atoms. The molecule has 166 valence electrons. The summed E-state index contributed by atoms with van der Waals surface area (Å²) in [6.45, 7) is 2.34. The zero-order chi connectivity index (χ0) is 22.8. The molecule has 9 heteroatoms. The van der Waals surface area contributed by atoms with Crippen LogP contribution in [-0.4, -0.2) is 40.0 Å². The summed E-state index contributed by atoms with van der Waals surface area (Å²) < 4.78 is 14.0. The molecule has 8 nitrogen and oxygen atoms in total. The van der Waals surface area contributed by atoms with Gasteiger partial charge >= 0.3 is 0 Å². The number of nitrogens with zero attached hydrogens (tertiary/aromatic N) is 3. The molecule has 32 heavy (non-hydrogen) atoms. The molecule has 0 saturated carbocycles. The molecule has 2 aromatic carbocycles. The molecule has 0 atom stereocenters. The van der Waals surface area contributed by atoms with Crippen LogP contribution in [0.3, 0.4) is 0 Å². The summed E-state index contributed by atoms with van der Waals surface area (Å²) in [5, 5.41) is 4.19. The highest BCUT2D eigenvalue weighted by molar-refractivity contribution is 7.99. The molecule has 1 N–H and O–H groups in total. The molecule has 1 amide bonds. The van der Waals surface area contributed by atoms with Crippen molar-refractivity contribution in [3.8, 4) is 11.5 Å². The Morgan fingerprint density at radius 1 is 1.12 bits per heavy atom. The van der Waals surface area contributed by atoms with Gasteiger partial charge < -0.3 is 19.4 Å². The van der Waals surface area contributed by atoms with Crippen LogP contribution in [0.4, 0.5) is 5.69 Å². The molecule has 4 aromatic rings. The summed E-state index contributed by atoms with van der Waals surface area (Å²) in [5.41, 5.74) is 2.54. The minimum absolute atomic E-state index is 0.114. The second-order valence-corrected chi connectivity index (χ2v) is 8.09. The van der Waals surface area contributed by atoms with Crippen LogP contribution in [0, 0.1) is 0 Å². The van der Waals surface area contributed by atoms with Gasteiger partial charge in [0.2, 0.25) is 5.91 Å². The van der Waals surface area contributed by atoms with E-state index in [9.17, 15) is 9.59 Å². The number of aryl methyl sites for hydroxylation is 1.